The van der Waals surface area contributed by atoms with Crippen molar-refractivity contribution in [1.82, 2.24) is 5.32 Å². The summed E-state index contributed by atoms with van der Waals surface area (Å²) in [6.45, 7) is 2.16. The second kappa shape index (κ2) is 8.39. The number of nitrogens with one attached hydrogen (secondary N) is 1. The monoisotopic (exact) mass is 344 g/mol. The SMILES string of the molecule is CC(CN)C(=O)NC(c1ccc(Cl)cc1)c1cccs1.Cl. The van der Waals surface area contributed by atoms with Crippen molar-refractivity contribution in [2.75, 3.05) is 6.54 Å². The molecule has 0 saturated heterocycles. The minimum atomic E-state index is -0.204. The Labute approximate surface area is 139 Å². The van der Waals surface area contributed by atoms with Crippen molar-refractivity contribution in [2.24, 2.45) is 11.7 Å². The van der Waals surface area contributed by atoms with Crippen LogP contribution in [0.15, 0.2) is 41.8 Å². The van der Waals surface area contributed by atoms with Gasteiger partial charge < -0.3 is 11.1 Å². The molecule has 6 heteroatoms. The Bertz CT molecular complexity index is 558. The van der Waals surface area contributed by atoms with Gasteiger partial charge in [0.15, 0.2) is 0 Å². The van der Waals surface area contributed by atoms with Crippen LogP contribution in [0.25, 0.3) is 0 Å². The maximum Gasteiger partial charge on any atom is 0.224 e. The number of carbonyl (C=O) groups excluding carboxylic acids is 1. The molecule has 1 aromatic heterocycles. The fourth-order valence-corrected chi connectivity index (χ4v) is 2.75. The van der Waals surface area contributed by atoms with E-state index in [2.05, 4.69) is 5.32 Å². The number of hydrogen-bond donors (Lipinski definition) is 2. The number of thiophene rings is 1. The van der Waals surface area contributed by atoms with E-state index in [0.29, 0.717) is 11.6 Å². The molecule has 0 bridgehead atoms. The normalized spacial score (nSPS) is 13.1. The highest BCUT2D eigenvalue weighted by molar-refractivity contribution is 7.10. The third kappa shape index (κ3) is 4.71. The molecule has 1 amide bonds. The number of halogens is 2. The third-order valence-corrected chi connectivity index (χ3v) is 4.31. The van der Waals surface area contributed by atoms with Gasteiger partial charge in [0.05, 0.1) is 6.04 Å². The van der Waals surface area contributed by atoms with Crippen LogP contribution >= 0.6 is 35.3 Å². The summed E-state index contributed by atoms with van der Waals surface area (Å²) >= 11 is 7.53. The molecular weight excluding hydrogens is 327 g/mol. The number of carbonyl (C=O) groups is 1. The first kappa shape index (κ1) is 18.0. The molecule has 3 N–H and O–H groups in total. The Kier molecular flexibility index (Phi) is 7.18. The Morgan fingerprint density at radius 1 is 1.33 bits per heavy atom. The zero-order chi connectivity index (χ0) is 14.5. The predicted molar refractivity (Wildman–Crippen MR) is 91.2 cm³/mol. The summed E-state index contributed by atoms with van der Waals surface area (Å²) in [5.74, 6) is -0.245. The maximum atomic E-state index is 12.1. The molecule has 2 aromatic rings. The molecule has 0 radical (unpaired) electrons. The number of rotatable bonds is 5. The molecule has 3 nitrogen and oxygen atoms in total. The van der Waals surface area contributed by atoms with Gasteiger partial charge in [0.2, 0.25) is 5.91 Å². The van der Waals surface area contributed by atoms with E-state index in [1.165, 1.54) is 0 Å². The number of amides is 1. The third-order valence-electron chi connectivity index (χ3n) is 3.12. The number of hydrogen-bond acceptors (Lipinski definition) is 3. The van der Waals surface area contributed by atoms with E-state index in [1.807, 2.05) is 48.7 Å². The molecule has 2 rings (SSSR count). The quantitative estimate of drug-likeness (QED) is 0.870. The van der Waals surface area contributed by atoms with Gasteiger partial charge in [-0.2, -0.15) is 0 Å². The summed E-state index contributed by atoms with van der Waals surface area (Å²) in [4.78, 5) is 13.2. The lowest BCUT2D eigenvalue weighted by Crippen LogP contribution is -2.36. The Balaban J connectivity index is 0.00000220. The van der Waals surface area contributed by atoms with Crippen LogP contribution in [-0.4, -0.2) is 12.5 Å². The molecule has 21 heavy (non-hydrogen) atoms. The van der Waals surface area contributed by atoms with E-state index in [0.717, 1.165) is 10.4 Å². The molecular formula is C15H18Cl2N2OS. The molecule has 1 aromatic carbocycles. The molecule has 0 aliphatic carbocycles. The van der Waals surface area contributed by atoms with E-state index >= 15 is 0 Å². The molecule has 0 fully saturated rings. The highest BCUT2D eigenvalue weighted by atomic mass is 35.5. The zero-order valence-electron chi connectivity index (χ0n) is 11.6. The zero-order valence-corrected chi connectivity index (χ0v) is 14.0. The van der Waals surface area contributed by atoms with Crippen molar-refractivity contribution in [1.29, 1.82) is 0 Å². The molecule has 0 spiro atoms. The van der Waals surface area contributed by atoms with Crippen molar-refractivity contribution in [3.63, 3.8) is 0 Å². The minimum absolute atomic E-state index is 0. The van der Waals surface area contributed by atoms with Gasteiger partial charge in [0, 0.05) is 22.4 Å². The lowest BCUT2D eigenvalue weighted by molar-refractivity contribution is -0.124. The van der Waals surface area contributed by atoms with Crippen LogP contribution in [0.5, 0.6) is 0 Å². The van der Waals surface area contributed by atoms with Gasteiger partial charge in [-0.3, -0.25) is 4.79 Å². The fourth-order valence-electron chi connectivity index (χ4n) is 1.82. The largest absolute Gasteiger partial charge is 0.344 e. The van der Waals surface area contributed by atoms with Crippen LogP contribution in [0.4, 0.5) is 0 Å². The standard InChI is InChI=1S/C15H17ClN2OS.ClH/c1-10(9-17)15(19)18-14(13-3-2-8-20-13)11-4-6-12(16)7-5-11;/h2-8,10,14H,9,17H2,1H3,(H,18,19);1H. The summed E-state index contributed by atoms with van der Waals surface area (Å²) in [5, 5.41) is 5.73. The summed E-state index contributed by atoms with van der Waals surface area (Å²) in [6.07, 6.45) is 0. The van der Waals surface area contributed by atoms with Gasteiger partial charge >= 0.3 is 0 Å². The van der Waals surface area contributed by atoms with Crippen molar-refractivity contribution >= 4 is 41.3 Å². The van der Waals surface area contributed by atoms with Crippen LogP contribution < -0.4 is 11.1 Å². The van der Waals surface area contributed by atoms with E-state index < -0.39 is 0 Å². The first-order chi connectivity index (χ1) is 9.61. The maximum absolute atomic E-state index is 12.1. The molecule has 0 saturated carbocycles. The molecule has 1 heterocycles. The highest BCUT2D eigenvalue weighted by Gasteiger charge is 2.20. The lowest BCUT2D eigenvalue weighted by atomic mass is 10.0. The van der Waals surface area contributed by atoms with Gasteiger partial charge in [-0.15, -0.1) is 23.7 Å². The second-order valence-electron chi connectivity index (χ2n) is 4.65. The van der Waals surface area contributed by atoms with Gasteiger partial charge in [-0.25, -0.2) is 0 Å². The van der Waals surface area contributed by atoms with E-state index in [4.69, 9.17) is 17.3 Å². The molecule has 114 valence electrons. The summed E-state index contributed by atoms with van der Waals surface area (Å²) in [5.41, 5.74) is 6.56. The lowest BCUT2D eigenvalue weighted by Gasteiger charge is -2.20. The summed E-state index contributed by atoms with van der Waals surface area (Å²) < 4.78 is 0. The summed E-state index contributed by atoms with van der Waals surface area (Å²) in [6, 6.07) is 11.3. The van der Waals surface area contributed by atoms with Crippen LogP contribution in [-0.2, 0) is 4.79 Å². The van der Waals surface area contributed by atoms with Crippen molar-refractivity contribution in [3.8, 4) is 0 Å². The highest BCUT2D eigenvalue weighted by Crippen LogP contribution is 2.27. The van der Waals surface area contributed by atoms with Gasteiger partial charge in [-0.1, -0.05) is 36.7 Å². The fraction of sp³-hybridized carbons (Fsp3) is 0.267. The Morgan fingerprint density at radius 2 is 2.00 bits per heavy atom. The number of nitrogens with two attached hydrogens (primary N) is 1. The van der Waals surface area contributed by atoms with Gasteiger partial charge in [0.1, 0.15) is 0 Å². The van der Waals surface area contributed by atoms with Crippen LogP contribution in [0.1, 0.15) is 23.4 Å². The smallest absolute Gasteiger partial charge is 0.224 e. The molecule has 2 atom stereocenters. The first-order valence-electron chi connectivity index (χ1n) is 6.41. The van der Waals surface area contributed by atoms with E-state index in [1.54, 1.807) is 11.3 Å². The van der Waals surface area contributed by atoms with Crippen molar-refractivity contribution < 1.29 is 4.79 Å². The van der Waals surface area contributed by atoms with Crippen LogP contribution in [0.2, 0.25) is 5.02 Å². The van der Waals surface area contributed by atoms with Crippen LogP contribution in [0.3, 0.4) is 0 Å². The topological polar surface area (TPSA) is 55.1 Å². The second-order valence-corrected chi connectivity index (χ2v) is 6.06. The van der Waals surface area contributed by atoms with Crippen molar-refractivity contribution in [3.05, 3.63) is 57.2 Å². The molecule has 2 unspecified atom stereocenters. The Morgan fingerprint density at radius 3 is 2.52 bits per heavy atom. The molecule has 0 aliphatic rings. The minimum Gasteiger partial charge on any atom is -0.344 e. The van der Waals surface area contributed by atoms with Gasteiger partial charge in [0.25, 0.3) is 0 Å². The van der Waals surface area contributed by atoms with E-state index in [9.17, 15) is 4.79 Å². The molecule has 0 aliphatic heterocycles. The van der Waals surface area contributed by atoms with E-state index in [-0.39, 0.29) is 30.3 Å². The number of benzene rings is 1. The average Bonchev–Trinajstić information content (AvgIpc) is 2.98. The average molecular weight is 345 g/mol. The Hall–Kier alpha value is -1.07. The van der Waals surface area contributed by atoms with Gasteiger partial charge in [-0.05, 0) is 29.1 Å². The summed E-state index contributed by atoms with van der Waals surface area (Å²) in [7, 11) is 0. The first-order valence-corrected chi connectivity index (χ1v) is 7.67. The van der Waals surface area contributed by atoms with Crippen molar-refractivity contribution in [2.45, 2.75) is 13.0 Å². The predicted octanol–water partition coefficient (Wildman–Crippen LogP) is 3.62. The van der Waals surface area contributed by atoms with Crippen LogP contribution in [0, 0.1) is 5.92 Å².